The second kappa shape index (κ2) is 20.0. The highest BCUT2D eigenvalue weighted by Gasteiger charge is 2.25. The molecule has 0 unspecified atom stereocenters. The molecule has 0 aliphatic heterocycles. The van der Waals surface area contributed by atoms with E-state index in [0.717, 1.165) is 24.5 Å². The highest BCUT2D eigenvalue weighted by molar-refractivity contribution is 6.08. The van der Waals surface area contributed by atoms with Crippen LogP contribution in [0.3, 0.4) is 0 Å². The van der Waals surface area contributed by atoms with Crippen LogP contribution >= 0.6 is 0 Å². The van der Waals surface area contributed by atoms with Gasteiger partial charge in [-0.2, -0.15) is 0 Å². The van der Waals surface area contributed by atoms with Crippen LogP contribution in [0.15, 0.2) is 36.7 Å². The average molecular weight is 705 g/mol. The monoisotopic (exact) mass is 704 g/mol. The number of nitro groups is 2. The third-order valence-corrected chi connectivity index (χ3v) is 6.32. The van der Waals surface area contributed by atoms with Crippen molar-refractivity contribution in [2.45, 2.75) is 0 Å². The van der Waals surface area contributed by atoms with E-state index >= 15 is 0 Å². The standard InChI is InChI=1S/C30H36N6O14/c1-43-5-9-47-25-16-27(49-11-7-45-3)23(35(39)40)14-19(25)33-29(37)21-13-22(32-18-31-21)30(38)34-20-15-24(36(41)42)28(50-12-8-46-4)17-26(20)48-10-6-44-2/h13-18H,5-12H2,1-4H3,(H,33,37)(H,34,38). The third kappa shape index (κ3) is 11.2. The van der Waals surface area contributed by atoms with Gasteiger partial charge in [0.2, 0.25) is 11.5 Å². The molecule has 20 nitrogen and oxygen atoms in total. The van der Waals surface area contributed by atoms with Gasteiger partial charge in [0.25, 0.3) is 11.8 Å². The summed E-state index contributed by atoms with van der Waals surface area (Å²) in [6.07, 6.45) is 0.945. The van der Waals surface area contributed by atoms with Gasteiger partial charge in [-0.25, -0.2) is 9.97 Å². The van der Waals surface area contributed by atoms with Gasteiger partial charge in [-0.1, -0.05) is 0 Å². The minimum Gasteiger partial charge on any atom is -0.489 e. The molecule has 0 atom stereocenters. The van der Waals surface area contributed by atoms with Gasteiger partial charge in [-0.3, -0.25) is 29.8 Å². The van der Waals surface area contributed by atoms with Crippen LogP contribution in [0, 0.1) is 20.2 Å². The molecule has 0 radical (unpaired) electrons. The van der Waals surface area contributed by atoms with Crippen molar-refractivity contribution in [3.8, 4) is 23.0 Å². The van der Waals surface area contributed by atoms with Crippen molar-refractivity contribution in [2.24, 2.45) is 0 Å². The number of amides is 2. The fraction of sp³-hybridized carbons (Fsp3) is 0.400. The third-order valence-electron chi connectivity index (χ3n) is 6.32. The number of benzene rings is 2. The van der Waals surface area contributed by atoms with Gasteiger partial charge in [-0.05, 0) is 0 Å². The Kier molecular flexibility index (Phi) is 15.5. The van der Waals surface area contributed by atoms with Crippen LogP contribution in [0.1, 0.15) is 21.0 Å². The van der Waals surface area contributed by atoms with Gasteiger partial charge in [0, 0.05) is 58.8 Å². The van der Waals surface area contributed by atoms with Crippen molar-refractivity contribution in [3.05, 3.63) is 68.3 Å². The first-order valence-electron chi connectivity index (χ1n) is 14.7. The number of methoxy groups -OCH3 is 4. The number of rotatable bonds is 22. The fourth-order valence-electron chi connectivity index (χ4n) is 3.97. The van der Waals surface area contributed by atoms with Crippen molar-refractivity contribution < 1.29 is 57.3 Å². The molecule has 20 heteroatoms. The molecule has 0 fully saturated rings. The Hall–Kier alpha value is -5.70. The molecule has 2 N–H and O–H groups in total. The second-order valence-corrected chi connectivity index (χ2v) is 9.71. The van der Waals surface area contributed by atoms with E-state index < -0.39 is 33.0 Å². The Labute approximate surface area is 285 Å². The number of anilines is 2. The lowest BCUT2D eigenvalue weighted by Crippen LogP contribution is -2.19. The minimum atomic E-state index is -0.878. The number of hydrogen-bond donors (Lipinski definition) is 2. The molecule has 0 spiro atoms. The maximum Gasteiger partial charge on any atom is 0.313 e. The van der Waals surface area contributed by atoms with Crippen LogP contribution in [0.25, 0.3) is 0 Å². The lowest BCUT2D eigenvalue weighted by Gasteiger charge is -2.15. The number of nitro benzene ring substituents is 2. The summed E-state index contributed by atoms with van der Waals surface area (Å²) in [5, 5.41) is 28.7. The van der Waals surface area contributed by atoms with E-state index in [2.05, 4.69) is 20.6 Å². The molecule has 3 aromatic rings. The van der Waals surface area contributed by atoms with Gasteiger partial charge < -0.3 is 48.5 Å². The van der Waals surface area contributed by atoms with Crippen molar-refractivity contribution in [2.75, 3.05) is 91.9 Å². The van der Waals surface area contributed by atoms with E-state index in [1.165, 1.54) is 40.6 Å². The van der Waals surface area contributed by atoms with Crippen LogP contribution in [-0.4, -0.2) is 113 Å². The van der Waals surface area contributed by atoms with Crippen molar-refractivity contribution in [1.82, 2.24) is 9.97 Å². The summed E-state index contributed by atoms with van der Waals surface area (Å²) in [5.41, 5.74) is -1.74. The van der Waals surface area contributed by atoms with Gasteiger partial charge >= 0.3 is 11.4 Å². The van der Waals surface area contributed by atoms with Gasteiger partial charge in [0.15, 0.2) is 0 Å². The number of ether oxygens (including phenoxy) is 8. The molecular weight excluding hydrogens is 668 g/mol. The smallest absolute Gasteiger partial charge is 0.313 e. The molecule has 2 amide bonds. The summed E-state index contributed by atoms with van der Waals surface area (Å²) >= 11 is 0. The molecule has 3 rings (SSSR count). The van der Waals surface area contributed by atoms with Crippen LogP contribution in [0.4, 0.5) is 22.7 Å². The predicted molar refractivity (Wildman–Crippen MR) is 174 cm³/mol. The number of nitrogens with one attached hydrogen (secondary N) is 2. The first kappa shape index (κ1) is 38.7. The summed E-state index contributed by atoms with van der Waals surface area (Å²) in [5.74, 6) is -1.96. The Morgan fingerprint density at radius 3 is 1.22 bits per heavy atom. The summed E-state index contributed by atoms with van der Waals surface area (Å²) in [6, 6.07) is 5.65. The number of nitrogens with zero attached hydrogens (tertiary/aromatic N) is 4. The zero-order valence-electron chi connectivity index (χ0n) is 27.6. The molecule has 1 heterocycles. The van der Waals surface area contributed by atoms with Crippen LogP contribution in [-0.2, 0) is 18.9 Å². The molecule has 2 aromatic carbocycles. The number of carbonyl (C=O) groups is 2. The SMILES string of the molecule is COCCOc1cc(OCCOC)c([N+](=O)[O-])cc1NC(=O)c1cc(C(=O)Nc2cc([N+](=O)[O-])c(OCCOC)cc2OCCOC)ncn1. The van der Waals surface area contributed by atoms with Crippen LogP contribution in [0.2, 0.25) is 0 Å². The first-order valence-corrected chi connectivity index (χ1v) is 14.7. The lowest BCUT2D eigenvalue weighted by atomic mass is 10.2. The largest absolute Gasteiger partial charge is 0.489 e. The quantitative estimate of drug-likeness (QED) is 0.0867. The molecule has 0 saturated carbocycles. The van der Waals surface area contributed by atoms with Crippen molar-refractivity contribution in [1.29, 1.82) is 0 Å². The Balaban J connectivity index is 1.91. The Bertz CT molecular complexity index is 1530. The summed E-state index contributed by atoms with van der Waals surface area (Å²) in [7, 11) is 5.79. The Morgan fingerprint density at radius 1 is 0.560 bits per heavy atom. The highest BCUT2D eigenvalue weighted by atomic mass is 16.6. The van der Waals surface area contributed by atoms with E-state index in [1.54, 1.807) is 0 Å². The van der Waals surface area contributed by atoms with Crippen LogP contribution < -0.4 is 29.6 Å². The van der Waals surface area contributed by atoms with Crippen LogP contribution in [0.5, 0.6) is 23.0 Å². The summed E-state index contributed by atoms with van der Waals surface area (Å²) in [6.45, 7) is 0.726. The minimum absolute atomic E-state index is 0.00671. The summed E-state index contributed by atoms with van der Waals surface area (Å²) < 4.78 is 42.2. The topological polar surface area (TPSA) is 244 Å². The number of carbonyl (C=O) groups excluding carboxylic acids is 2. The van der Waals surface area contributed by atoms with E-state index in [-0.39, 0.29) is 98.6 Å². The van der Waals surface area contributed by atoms with E-state index in [4.69, 9.17) is 37.9 Å². The second-order valence-electron chi connectivity index (χ2n) is 9.71. The molecule has 270 valence electrons. The van der Waals surface area contributed by atoms with E-state index in [0.29, 0.717) is 0 Å². The normalized spacial score (nSPS) is 10.6. The first-order chi connectivity index (χ1) is 24.1. The highest BCUT2D eigenvalue weighted by Crippen LogP contribution is 2.39. The zero-order valence-corrected chi connectivity index (χ0v) is 27.6. The lowest BCUT2D eigenvalue weighted by molar-refractivity contribution is -0.386. The predicted octanol–water partition coefficient (Wildman–Crippen LogP) is 2.90. The molecule has 0 saturated heterocycles. The molecular formula is C30H36N6O14. The van der Waals surface area contributed by atoms with E-state index in [9.17, 15) is 29.8 Å². The van der Waals surface area contributed by atoms with Crippen molar-refractivity contribution in [3.63, 3.8) is 0 Å². The molecule has 50 heavy (non-hydrogen) atoms. The molecule has 0 aliphatic rings. The molecule has 1 aromatic heterocycles. The van der Waals surface area contributed by atoms with Crippen molar-refractivity contribution >= 4 is 34.6 Å². The average Bonchev–Trinajstić information content (AvgIpc) is 3.10. The number of hydrogen-bond acceptors (Lipinski definition) is 16. The van der Waals surface area contributed by atoms with Gasteiger partial charge in [0.1, 0.15) is 55.6 Å². The van der Waals surface area contributed by atoms with Gasteiger partial charge in [-0.15, -0.1) is 0 Å². The molecule has 0 bridgehead atoms. The summed E-state index contributed by atoms with van der Waals surface area (Å²) in [4.78, 5) is 56.7. The number of aromatic nitrogens is 2. The molecule has 0 aliphatic carbocycles. The van der Waals surface area contributed by atoms with Gasteiger partial charge in [0.05, 0.1) is 47.6 Å². The fourth-order valence-corrected chi connectivity index (χ4v) is 3.97. The maximum atomic E-state index is 13.3. The maximum absolute atomic E-state index is 13.3. The zero-order chi connectivity index (χ0) is 36.5. The Morgan fingerprint density at radius 2 is 0.900 bits per heavy atom. The van der Waals surface area contributed by atoms with E-state index in [1.807, 2.05) is 0 Å².